The number of rotatable bonds is 7. The van der Waals surface area contributed by atoms with Gasteiger partial charge in [0.25, 0.3) is 0 Å². The molecular formula is C21H22F4N2O. The standard InChI is InChI=1S/C21H22F4N2O/c22-19-4-2-1-3-16(19)13-26-12-11-18-9-10-20(28)27(18)14-15-5-7-17(8-6-15)21(23,24)25/h1-8,18,26H,9-14H2/t18-/m0/s1. The molecule has 1 atom stereocenters. The van der Waals surface area contributed by atoms with Crippen LogP contribution >= 0.6 is 0 Å². The maximum absolute atomic E-state index is 13.6. The van der Waals surface area contributed by atoms with Crippen molar-refractivity contribution in [3.8, 4) is 0 Å². The molecule has 1 aliphatic heterocycles. The summed E-state index contributed by atoms with van der Waals surface area (Å²) in [6.45, 7) is 1.33. The predicted octanol–water partition coefficient (Wildman–Crippen LogP) is 4.52. The summed E-state index contributed by atoms with van der Waals surface area (Å²) in [6, 6.07) is 11.5. The van der Waals surface area contributed by atoms with E-state index in [0.717, 1.165) is 18.6 Å². The van der Waals surface area contributed by atoms with Gasteiger partial charge in [0.1, 0.15) is 5.82 Å². The zero-order valence-electron chi connectivity index (χ0n) is 15.3. The Kier molecular flexibility index (Phi) is 6.34. The van der Waals surface area contributed by atoms with Gasteiger partial charge in [0.15, 0.2) is 0 Å². The molecule has 150 valence electrons. The van der Waals surface area contributed by atoms with Crippen LogP contribution in [0.15, 0.2) is 48.5 Å². The monoisotopic (exact) mass is 394 g/mol. The fourth-order valence-corrected chi connectivity index (χ4v) is 3.44. The van der Waals surface area contributed by atoms with Crippen molar-refractivity contribution in [2.45, 2.75) is 44.6 Å². The van der Waals surface area contributed by atoms with Crippen LogP contribution in [0.2, 0.25) is 0 Å². The molecule has 1 fully saturated rings. The largest absolute Gasteiger partial charge is 0.416 e. The first kappa shape index (κ1) is 20.3. The summed E-state index contributed by atoms with van der Waals surface area (Å²) in [7, 11) is 0. The third-order valence-corrected chi connectivity index (χ3v) is 5.01. The van der Waals surface area contributed by atoms with E-state index in [1.54, 1.807) is 23.1 Å². The molecule has 2 aromatic carbocycles. The predicted molar refractivity (Wildman–Crippen MR) is 97.7 cm³/mol. The molecule has 0 unspecified atom stereocenters. The Balaban J connectivity index is 1.52. The average Bonchev–Trinajstić information content (AvgIpc) is 3.00. The first-order valence-electron chi connectivity index (χ1n) is 9.24. The summed E-state index contributed by atoms with van der Waals surface area (Å²) in [5, 5.41) is 3.19. The topological polar surface area (TPSA) is 32.3 Å². The van der Waals surface area contributed by atoms with E-state index in [1.807, 2.05) is 0 Å². The van der Waals surface area contributed by atoms with E-state index in [0.29, 0.717) is 43.6 Å². The number of carbonyl (C=O) groups is 1. The smallest absolute Gasteiger partial charge is 0.335 e. The second kappa shape index (κ2) is 8.73. The quantitative estimate of drug-likeness (QED) is 0.553. The van der Waals surface area contributed by atoms with E-state index in [9.17, 15) is 22.4 Å². The first-order valence-corrected chi connectivity index (χ1v) is 9.24. The van der Waals surface area contributed by atoms with E-state index in [-0.39, 0.29) is 17.8 Å². The molecule has 2 aromatic rings. The minimum absolute atomic E-state index is 0.0130. The lowest BCUT2D eigenvalue weighted by molar-refractivity contribution is -0.137. The molecule has 3 rings (SSSR count). The molecule has 0 spiro atoms. The lowest BCUT2D eigenvalue weighted by atomic mass is 10.1. The van der Waals surface area contributed by atoms with Crippen molar-refractivity contribution in [2.24, 2.45) is 0 Å². The number of benzene rings is 2. The van der Waals surface area contributed by atoms with Crippen LogP contribution in [-0.4, -0.2) is 23.4 Å². The second-order valence-corrected chi connectivity index (χ2v) is 6.97. The number of hydrogen-bond acceptors (Lipinski definition) is 2. The number of nitrogens with one attached hydrogen (secondary N) is 1. The van der Waals surface area contributed by atoms with Crippen molar-refractivity contribution >= 4 is 5.91 Å². The maximum Gasteiger partial charge on any atom is 0.416 e. The molecule has 7 heteroatoms. The van der Waals surface area contributed by atoms with E-state index in [2.05, 4.69) is 5.32 Å². The van der Waals surface area contributed by atoms with Crippen LogP contribution in [0.5, 0.6) is 0 Å². The molecule has 1 amide bonds. The minimum Gasteiger partial charge on any atom is -0.335 e. The number of likely N-dealkylation sites (tertiary alicyclic amines) is 1. The molecule has 1 aliphatic rings. The fraction of sp³-hybridized carbons (Fsp3) is 0.381. The van der Waals surface area contributed by atoms with Gasteiger partial charge in [0, 0.05) is 31.1 Å². The Bertz CT molecular complexity index is 805. The van der Waals surface area contributed by atoms with Gasteiger partial charge in [0.2, 0.25) is 5.91 Å². The van der Waals surface area contributed by atoms with Crippen molar-refractivity contribution in [1.29, 1.82) is 0 Å². The molecule has 1 heterocycles. The Morgan fingerprint density at radius 3 is 2.46 bits per heavy atom. The van der Waals surface area contributed by atoms with Gasteiger partial charge < -0.3 is 10.2 Å². The maximum atomic E-state index is 13.6. The molecule has 0 aliphatic carbocycles. The molecule has 1 saturated heterocycles. The highest BCUT2D eigenvalue weighted by Gasteiger charge is 2.32. The van der Waals surface area contributed by atoms with Gasteiger partial charge in [-0.15, -0.1) is 0 Å². The summed E-state index contributed by atoms with van der Waals surface area (Å²) >= 11 is 0. The van der Waals surface area contributed by atoms with Gasteiger partial charge in [-0.25, -0.2) is 4.39 Å². The SMILES string of the molecule is O=C1CC[C@@H](CCNCc2ccccc2F)N1Cc1ccc(C(F)(F)F)cc1. The summed E-state index contributed by atoms with van der Waals surface area (Å²) in [6.07, 6.45) is -2.49. The van der Waals surface area contributed by atoms with Crippen molar-refractivity contribution in [2.75, 3.05) is 6.54 Å². The lowest BCUT2D eigenvalue weighted by Crippen LogP contribution is -2.34. The summed E-state index contributed by atoms with van der Waals surface area (Å²) in [5.74, 6) is -0.242. The lowest BCUT2D eigenvalue weighted by Gasteiger charge is -2.25. The van der Waals surface area contributed by atoms with Crippen LogP contribution < -0.4 is 5.32 Å². The Morgan fingerprint density at radius 1 is 1.07 bits per heavy atom. The zero-order chi connectivity index (χ0) is 20.1. The normalized spacial score (nSPS) is 17.4. The fourth-order valence-electron chi connectivity index (χ4n) is 3.44. The van der Waals surface area contributed by atoms with Crippen LogP contribution in [0.25, 0.3) is 0 Å². The van der Waals surface area contributed by atoms with Gasteiger partial charge in [-0.2, -0.15) is 13.2 Å². The van der Waals surface area contributed by atoms with Gasteiger partial charge in [-0.05, 0) is 43.1 Å². The highest BCUT2D eigenvalue weighted by molar-refractivity contribution is 5.78. The first-order chi connectivity index (χ1) is 13.3. The van der Waals surface area contributed by atoms with Crippen molar-refractivity contribution in [3.05, 3.63) is 71.0 Å². The number of alkyl halides is 3. The van der Waals surface area contributed by atoms with Crippen molar-refractivity contribution < 1.29 is 22.4 Å². The molecule has 0 saturated carbocycles. The van der Waals surface area contributed by atoms with Gasteiger partial charge in [-0.3, -0.25) is 4.79 Å². The Morgan fingerprint density at radius 2 is 1.79 bits per heavy atom. The highest BCUT2D eigenvalue weighted by Crippen LogP contribution is 2.30. The zero-order valence-corrected chi connectivity index (χ0v) is 15.3. The number of carbonyl (C=O) groups excluding carboxylic acids is 1. The van der Waals surface area contributed by atoms with Crippen molar-refractivity contribution in [1.82, 2.24) is 10.2 Å². The van der Waals surface area contributed by atoms with Crippen LogP contribution in [0.3, 0.4) is 0 Å². The summed E-state index contributed by atoms with van der Waals surface area (Å²) in [5.41, 5.74) is 0.567. The van der Waals surface area contributed by atoms with Crippen LogP contribution in [-0.2, 0) is 24.1 Å². The summed E-state index contributed by atoms with van der Waals surface area (Å²) < 4.78 is 51.6. The van der Waals surface area contributed by atoms with Crippen LogP contribution in [0.1, 0.15) is 36.0 Å². The van der Waals surface area contributed by atoms with E-state index >= 15 is 0 Å². The molecule has 0 bridgehead atoms. The molecular weight excluding hydrogens is 372 g/mol. The number of hydrogen-bond donors (Lipinski definition) is 1. The molecule has 0 radical (unpaired) electrons. The third-order valence-electron chi connectivity index (χ3n) is 5.01. The van der Waals surface area contributed by atoms with Gasteiger partial charge in [0.05, 0.1) is 5.56 Å². The van der Waals surface area contributed by atoms with E-state index in [4.69, 9.17) is 0 Å². The number of nitrogens with zero attached hydrogens (tertiary/aromatic N) is 1. The van der Waals surface area contributed by atoms with E-state index < -0.39 is 11.7 Å². The molecule has 28 heavy (non-hydrogen) atoms. The summed E-state index contributed by atoms with van der Waals surface area (Å²) in [4.78, 5) is 13.9. The third kappa shape index (κ3) is 5.10. The Labute approximate surface area is 161 Å². The second-order valence-electron chi connectivity index (χ2n) is 6.97. The van der Waals surface area contributed by atoms with Gasteiger partial charge >= 0.3 is 6.18 Å². The van der Waals surface area contributed by atoms with Crippen molar-refractivity contribution in [3.63, 3.8) is 0 Å². The van der Waals surface area contributed by atoms with Crippen LogP contribution in [0, 0.1) is 5.82 Å². The van der Waals surface area contributed by atoms with Gasteiger partial charge in [-0.1, -0.05) is 30.3 Å². The average molecular weight is 394 g/mol. The molecule has 3 nitrogen and oxygen atoms in total. The molecule has 1 N–H and O–H groups in total. The minimum atomic E-state index is -4.37. The van der Waals surface area contributed by atoms with Crippen LogP contribution in [0.4, 0.5) is 17.6 Å². The van der Waals surface area contributed by atoms with E-state index in [1.165, 1.54) is 18.2 Å². The highest BCUT2D eigenvalue weighted by atomic mass is 19.4. The number of amides is 1. The molecule has 0 aromatic heterocycles. The number of halogens is 4. The Hall–Kier alpha value is -2.41.